The van der Waals surface area contributed by atoms with E-state index in [2.05, 4.69) is 4.98 Å². The number of hydrogen-bond donors (Lipinski definition) is 1. The van der Waals surface area contributed by atoms with Gasteiger partial charge >= 0.3 is 5.97 Å². The molecular weight excluding hydrogens is 308 g/mol. The molecule has 1 amide bonds. The first-order valence-electron chi connectivity index (χ1n) is 8.17. The summed E-state index contributed by atoms with van der Waals surface area (Å²) in [6.07, 6.45) is 4.45. The Kier molecular flexibility index (Phi) is 4.93. The van der Waals surface area contributed by atoms with Gasteiger partial charge in [-0.05, 0) is 19.3 Å². The average Bonchev–Trinajstić information content (AvgIpc) is 3.09. The number of oxazole rings is 1. The molecule has 1 aromatic heterocycles. The first kappa shape index (κ1) is 16.2. The molecule has 2 heterocycles. The van der Waals surface area contributed by atoms with E-state index in [4.69, 9.17) is 4.42 Å². The van der Waals surface area contributed by atoms with Gasteiger partial charge in [-0.25, -0.2) is 9.78 Å². The van der Waals surface area contributed by atoms with Gasteiger partial charge in [-0.15, -0.1) is 0 Å². The molecule has 0 saturated carbocycles. The van der Waals surface area contributed by atoms with Crippen LogP contribution in [0.25, 0.3) is 11.3 Å². The lowest BCUT2D eigenvalue weighted by Gasteiger charge is -2.32. The van der Waals surface area contributed by atoms with Crippen molar-refractivity contribution in [3.05, 3.63) is 42.4 Å². The SMILES string of the molecule is O=C(O)[C@H]1CCCCN1C(=O)CCc1ncc(-c2ccccc2)o1. The molecule has 0 aliphatic carbocycles. The molecule has 0 bridgehead atoms. The number of aliphatic carboxylic acids is 1. The Labute approximate surface area is 140 Å². The van der Waals surface area contributed by atoms with E-state index < -0.39 is 12.0 Å². The van der Waals surface area contributed by atoms with Crippen LogP contribution in [-0.4, -0.2) is 39.5 Å². The highest BCUT2D eigenvalue weighted by molar-refractivity contribution is 5.84. The van der Waals surface area contributed by atoms with Crippen molar-refractivity contribution in [1.29, 1.82) is 0 Å². The normalized spacial score (nSPS) is 17.7. The maximum absolute atomic E-state index is 12.4. The summed E-state index contributed by atoms with van der Waals surface area (Å²) in [5.74, 6) is 0.0811. The molecule has 1 fully saturated rings. The number of carboxylic acids is 1. The fourth-order valence-electron chi connectivity index (χ4n) is 3.01. The molecule has 6 nitrogen and oxygen atoms in total. The van der Waals surface area contributed by atoms with Crippen molar-refractivity contribution in [3.63, 3.8) is 0 Å². The van der Waals surface area contributed by atoms with Crippen LogP contribution >= 0.6 is 0 Å². The fourth-order valence-corrected chi connectivity index (χ4v) is 3.01. The van der Waals surface area contributed by atoms with E-state index in [1.165, 1.54) is 4.90 Å². The third-order valence-corrected chi connectivity index (χ3v) is 4.27. The number of rotatable bonds is 5. The third-order valence-electron chi connectivity index (χ3n) is 4.27. The van der Waals surface area contributed by atoms with Gasteiger partial charge in [-0.1, -0.05) is 30.3 Å². The van der Waals surface area contributed by atoms with Crippen molar-refractivity contribution >= 4 is 11.9 Å². The number of nitrogens with zero attached hydrogens (tertiary/aromatic N) is 2. The predicted molar refractivity (Wildman–Crippen MR) is 87.2 cm³/mol. The van der Waals surface area contributed by atoms with Crippen LogP contribution in [0.2, 0.25) is 0 Å². The quantitative estimate of drug-likeness (QED) is 0.912. The molecule has 6 heteroatoms. The van der Waals surface area contributed by atoms with Gasteiger partial charge in [0, 0.05) is 24.9 Å². The predicted octanol–water partition coefficient (Wildman–Crippen LogP) is 2.74. The Balaban J connectivity index is 1.60. The van der Waals surface area contributed by atoms with E-state index in [0.717, 1.165) is 18.4 Å². The van der Waals surface area contributed by atoms with Crippen molar-refractivity contribution in [1.82, 2.24) is 9.88 Å². The van der Waals surface area contributed by atoms with E-state index >= 15 is 0 Å². The summed E-state index contributed by atoms with van der Waals surface area (Å²) >= 11 is 0. The molecule has 24 heavy (non-hydrogen) atoms. The molecule has 0 radical (unpaired) electrons. The Morgan fingerprint density at radius 2 is 2.04 bits per heavy atom. The highest BCUT2D eigenvalue weighted by Gasteiger charge is 2.31. The van der Waals surface area contributed by atoms with Crippen LogP contribution in [0.3, 0.4) is 0 Å². The standard InChI is InChI=1S/C18H20N2O4/c21-17(20-11-5-4-8-14(20)18(22)23)10-9-16-19-12-15(24-16)13-6-2-1-3-7-13/h1-3,6-7,12,14H,4-5,8-11H2,(H,22,23)/t14-/m1/s1. The second-order valence-electron chi connectivity index (χ2n) is 5.92. The second kappa shape index (κ2) is 7.29. The summed E-state index contributed by atoms with van der Waals surface area (Å²) in [6.45, 7) is 0.511. The Morgan fingerprint density at radius 3 is 2.79 bits per heavy atom. The fraction of sp³-hybridized carbons (Fsp3) is 0.389. The second-order valence-corrected chi connectivity index (χ2v) is 5.92. The molecule has 3 rings (SSSR count). The van der Waals surface area contributed by atoms with E-state index in [9.17, 15) is 14.7 Å². The van der Waals surface area contributed by atoms with Crippen LogP contribution in [0.4, 0.5) is 0 Å². The number of hydrogen-bond acceptors (Lipinski definition) is 4. The van der Waals surface area contributed by atoms with Gasteiger partial charge in [-0.3, -0.25) is 4.79 Å². The molecule has 1 aliphatic rings. The molecule has 1 atom stereocenters. The first-order valence-corrected chi connectivity index (χ1v) is 8.17. The van der Waals surface area contributed by atoms with Crippen LogP contribution in [0.1, 0.15) is 31.6 Å². The molecule has 1 saturated heterocycles. The lowest BCUT2D eigenvalue weighted by Crippen LogP contribution is -2.48. The van der Waals surface area contributed by atoms with Crippen molar-refractivity contribution in [2.45, 2.75) is 38.1 Å². The monoisotopic (exact) mass is 328 g/mol. The number of carboxylic acid groups (broad SMARTS) is 1. The molecular formula is C18H20N2O4. The Hall–Kier alpha value is -2.63. The summed E-state index contributed by atoms with van der Waals surface area (Å²) in [6, 6.07) is 8.93. The van der Waals surface area contributed by atoms with Gasteiger partial charge in [0.1, 0.15) is 6.04 Å². The van der Waals surface area contributed by atoms with Gasteiger partial charge in [0.05, 0.1) is 6.20 Å². The number of piperidine rings is 1. The molecule has 0 spiro atoms. The van der Waals surface area contributed by atoms with Gasteiger partial charge < -0.3 is 14.4 Å². The zero-order valence-electron chi connectivity index (χ0n) is 13.4. The maximum Gasteiger partial charge on any atom is 0.326 e. The van der Waals surface area contributed by atoms with Crippen LogP contribution in [0.5, 0.6) is 0 Å². The number of benzene rings is 1. The zero-order chi connectivity index (χ0) is 16.9. The van der Waals surface area contributed by atoms with Crippen molar-refractivity contribution < 1.29 is 19.1 Å². The highest BCUT2D eigenvalue weighted by Crippen LogP contribution is 2.22. The van der Waals surface area contributed by atoms with Crippen LogP contribution in [0.15, 0.2) is 40.9 Å². The van der Waals surface area contributed by atoms with Crippen molar-refractivity contribution in [3.8, 4) is 11.3 Å². The zero-order valence-corrected chi connectivity index (χ0v) is 13.4. The Bertz CT molecular complexity index is 711. The molecule has 0 unspecified atom stereocenters. The van der Waals surface area contributed by atoms with Gasteiger partial charge in [0.25, 0.3) is 0 Å². The maximum atomic E-state index is 12.4. The average molecular weight is 328 g/mol. The molecule has 1 aromatic carbocycles. The number of carbonyl (C=O) groups excluding carboxylic acids is 1. The number of amides is 1. The summed E-state index contributed by atoms with van der Waals surface area (Å²) in [7, 11) is 0. The summed E-state index contributed by atoms with van der Waals surface area (Å²) in [5, 5.41) is 9.25. The highest BCUT2D eigenvalue weighted by atomic mass is 16.4. The van der Waals surface area contributed by atoms with Gasteiger partial charge in [-0.2, -0.15) is 0 Å². The topological polar surface area (TPSA) is 83.6 Å². The number of aryl methyl sites for hydroxylation is 1. The molecule has 1 N–H and O–H groups in total. The number of carbonyl (C=O) groups is 2. The number of aromatic nitrogens is 1. The largest absolute Gasteiger partial charge is 0.480 e. The lowest BCUT2D eigenvalue weighted by molar-refractivity contribution is -0.152. The molecule has 2 aromatic rings. The smallest absolute Gasteiger partial charge is 0.326 e. The van der Waals surface area contributed by atoms with E-state index in [1.807, 2.05) is 30.3 Å². The van der Waals surface area contributed by atoms with E-state index in [0.29, 0.717) is 31.0 Å². The lowest BCUT2D eigenvalue weighted by atomic mass is 10.0. The minimum atomic E-state index is -0.925. The van der Waals surface area contributed by atoms with Crippen LogP contribution < -0.4 is 0 Å². The number of likely N-dealkylation sites (tertiary alicyclic amines) is 1. The third kappa shape index (κ3) is 3.64. The first-order chi connectivity index (χ1) is 11.6. The Morgan fingerprint density at radius 1 is 1.25 bits per heavy atom. The minimum Gasteiger partial charge on any atom is -0.480 e. The van der Waals surface area contributed by atoms with Crippen molar-refractivity contribution in [2.24, 2.45) is 0 Å². The van der Waals surface area contributed by atoms with Crippen molar-refractivity contribution in [2.75, 3.05) is 6.54 Å². The summed E-state index contributed by atoms with van der Waals surface area (Å²) in [5.41, 5.74) is 0.935. The minimum absolute atomic E-state index is 0.151. The van der Waals surface area contributed by atoms with Crippen LogP contribution in [-0.2, 0) is 16.0 Å². The van der Waals surface area contributed by atoms with Crippen LogP contribution in [0, 0.1) is 0 Å². The summed E-state index contributed by atoms with van der Waals surface area (Å²) < 4.78 is 5.68. The van der Waals surface area contributed by atoms with E-state index in [-0.39, 0.29) is 12.3 Å². The summed E-state index contributed by atoms with van der Waals surface area (Å²) in [4.78, 5) is 29.3. The van der Waals surface area contributed by atoms with Gasteiger partial charge in [0.2, 0.25) is 5.91 Å². The molecule has 126 valence electrons. The van der Waals surface area contributed by atoms with E-state index in [1.54, 1.807) is 6.20 Å². The van der Waals surface area contributed by atoms with Gasteiger partial charge in [0.15, 0.2) is 11.7 Å². The molecule has 1 aliphatic heterocycles.